The maximum absolute atomic E-state index is 12.8. The Labute approximate surface area is 363 Å². The van der Waals surface area contributed by atoms with Crippen LogP contribution in [0.4, 0.5) is 34.6 Å². The fourth-order valence-electron chi connectivity index (χ4n) is 6.08. The van der Waals surface area contributed by atoms with Crippen molar-refractivity contribution in [1.82, 2.24) is 54.1 Å². The van der Waals surface area contributed by atoms with Crippen molar-refractivity contribution < 1.29 is 51.6 Å². The second kappa shape index (κ2) is 16.2. The Kier molecular flexibility index (Phi) is 11.0. The summed E-state index contributed by atoms with van der Waals surface area (Å²) in [6.45, 7) is 4.54. The molecule has 28 nitrogen and oxygen atoms in total. The van der Waals surface area contributed by atoms with Crippen LogP contribution in [0.5, 0.6) is 6.01 Å². The number of aromatic carboxylic acids is 3. The number of nitrogens with two attached hydrogens (primary N) is 2. The number of aromatic nitrogens is 11. The smallest absolute Gasteiger partial charge is 0.335 e. The van der Waals surface area contributed by atoms with Crippen molar-refractivity contribution in [2.24, 2.45) is 20.5 Å². The highest BCUT2D eigenvalue weighted by Gasteiger charge is 2.26. The topological polar surface area (TPSA) is 412 Å². The molecule has 8 N–H and O–H groups in total. The Morgan fingerprint density at radius 1 is 0.569 bits per heavy atom. The molecule has 5 heterocycles. The van der Waals surface area contributed by atoms with Crippen LogP contribution < -0.4 is 11.5 Å². The lowest BCUT2D eigenvalue weighted by Gasteiger charge is -2.08. The summed E-state index contributed by atoms with van der Waals surface area (Å²) < 4.78 is 54.8. The van der Waals surface area contributed by atoms with Crippen LogP contribution in [0.25, 0.3) is 23.3 Å². The van der Waals surface area contributed by atoms with Gasteiger partial charge >= 0.3 is 23.9 Å². The molecule has 0 radical (unpaired) electrons. The lowest BCUT2D eigenvalue weighted by molar-refractivity contribution is 0.0682. The minimum Gasteiger partial charge on any atom is -0.479 e. The molecule has 0 saturated heterocycles. The fraction of sp³-hybridized carbons (Fsp3) is 0.143. The third-order valence-corrected chi connectivity index (χ3v) is 11.2. The summed E-state index contributed by atoms with van der Waals surface area (Å²) in [6, 6.07) is 6.36. The third-order valence-electron chi connectivity index (χ3n) is 9.03. The number of carboxylic acids is 3. The molecule has 334 valence electrons. The zero-order chi connectivity index (χ0) is 47.4. The molecule has 2 aromatic carbocycles. The van der Waals surface area contributed by atoms with Gasteiger partial charge in [-0.15, -0.1) is 20.5 Å². The Hall–Kier alpha value is -8.80. The van der Waals surface area contributed by atoms with Crippen molar-refractivity contribution in [3.8, 4) is 29.3 Å². The van der Waals surface area contributed by atoms with Crippen LogP contribution in [0.3, 0.4) is 0 Å². The third kappa shape index (κ3) is 8.55. The zero-order valence-electron chi connectivity index (χ0n) is 33.9. The van der Waals surface area contributed by atoms with E-state index < -0.39 is 77.3 Å². The molecule has 5 aromatic heterocycles. The van der Waals surface area contributed by atoms with Gasteiger partial charge in [-0.25, -0.2) is 40.6 Å². The van der Waals surface area contributed by atoms with Crippen molar-refractivity contribution >= 4 is 72.2 Å². The lowest BCUT2D eigenvalue weighted by Crippen LogP contribution is -2.13. The Balaban J connectivity index is 1.26. The van der Waals surface area contributed by atoms with Gasteiger partial charge in [0.1, 0.15) is 9.79 Å². The first-order chi connectivity index (χ1) is 30.4. The van der Waals surface area contributed by atoms with E-state index in [1.807, 2.05) is 0 Å². The van der Waals surface area contributed by atoms with Crippen LogP contribution in [0.15, 0.2) is 79.0 Å². The summed E-state index contributed by atoms with van der Waals surface area (Å²) >= 11 is 0. The average molecular weight is 930 g/mol. The van der Waals surface area contributed by atoms with Gasteiger partial charge in [-0.05, 0) is 62.7 Å². The molecule has 0 amide bonds. The molecule has 0 unspecified atom stereocenters. The average Bonchev–Trinajstić information content (AvgIpc) is 3.98. The number of nitrogen functional groups attached to an aromatic ring is 2. The predicted octanol–water partition coefficient (Wildman–Crippen LogP) is 3.14. The SMILES string of the molecule is Cc1cc(C(=O)O)cc(-n2ncc(S(C)(=O)=O)c2N=Nc2c(C)nn(-c3nc(O)nc(-n4nc(C)c(N=Nc5c(S(C)(=O)=O)cnn5-c5cc(C(=O)O)cc(C(=O)O)c5)c4N)n3)c2N)c1. The number of aryl methyl sites for hydroxylation is 3. The molecule has 0 fully saturated rings. The summed E-state index contributed by atoms with van der Waals surface area (Å²) in [7, 11) is -8.03. The Morgan fingerprint density at radius 3 is 1.34 bits per heavy atom. The highest BCUT2D eigenvalue weighted by atomic mass is 32.2. The Morgan fingerprint density at radius 2 is 0.954 bits per heavy atom. The summed E-state index contributed by atoms with van der Waals surface area (Å²) in [5.74, 6) is -6.34. The number of anilines is 2. The second-order valence-electron chi connectivity index (χ2n) is 13.9. The van der Waals surface area contributed by atoms with Crippen molar-refractivity contribution in [1.29, 1.82) is 0 Å². The minimum atomic E-state index is -4.07. The van der Waals surface area contributed by atoms with Crippen LogP contribution in [0, 0.1) is 20.8 Å². The number of nitrogens with zero attached hydrogens (tertiary/aromatic N) is 15. The van der Waals surface area contributed by atoms with Gasteiger partial charge in [0, 0.05) is 12.5 Å². The molecular weight excluding hydrogens is 899 g/mol. The van der Waals surface area contributed by atoms with E-state index in [0.29, 0.717) is 5.56 Å². The molecule has 7 rings (SSSR count). The van der Waals surface area contributed by atoms with Crippen LogP contribution >= 0.6 is 0 Å². The monoisotopic (exact) mass is 929 g/mol. The first kappa shape index (κ1) is 44.3. The Bertz CT molecular complexity index is 3430. The number of sulfone groups is 2. The van der Waals surface area contributed by atoms with Crippen LogP contribution in [0.2, 0.25) is 0 Å². The number of hydrogen-bond donors (Lipinski definition) is 6. The molecule has 0 atom stereocenters. The number of aromatic hydroxyl groups is 1. The van der Waals surface area contributed by atoms with Gasteiger partial charge in [-0.1, -0.05) is 0 Å². The predicted molar refractivity (Wildman–Crippen MR) is 221 cm³/mol. The number of carboxylic acid groups (broad SMARTS) is 3. The molecule has 30 heteroatoms. The summed E-state index contributed by atoms with van der Waals surface area (Å²) in [5.41, 5.74) is 12.3. The van der Waals surface area contributed by atoms with Gasteiger partial charge in [0.2, 0.25) is 0 Å². The van der Waals surface area contributed by atoms with E-state index in [9.17, 15) is 51.6 Å². The number of rotatable bonds is 13. The zero-order valence-corrected chi connectivity index (χ0v) is 35.6. The number of hydrogen-bond acceptors (Lipinski definition) is 21. The van der Waals surface area contributed by atoms with E-state index in [1.165, 1.54) is 26.0 Å². The summed E-state index contributed by atoms with van der Waals surface area (Å²) in [4.78, 5) is 46.6. The van der Waals surface area contributed by atoms with E-state index in [4.69, 9.17) is 11.5 Å². The van der Waals surface area contributed by atoms with E-state index >= 15 is 0 Å². The van der Waals surface area contributed by atoms with Gasteiger partial charge in [-0.2, -0.15) is 44.7 Å². The van der Waals surface area contributed by atoms with Crippen molar-refractivity contribution in [2.45, 2.75) is 30.6 Å². The first-order valence-corrected chi connectivity index (χ1v) is 21.7. The maximum atomic E-state index is 12.8. The first-order valence-electron chi connectivity index (χ1n) is 18.0. The van der Waals surface area contributed by atoms with Crippen LogP contribution in [0.1, 0.15) is 48.0 Å². The molecule has 0 spiro atoms. The molecule has 0 aliphatic rings. The summed E-state index contributed by atoms with van der Waals surface area (Å²) in [6.07, 6.45) is 3.71. The molecule has 0 bridgehead atoms. The summed E-state index contributed by atoms with van der Waals surface area (Å²) in [5, 5.41) is 72.6. The highest BCUT2D eigenvalue weighted by molar-refractivity contribution is 7.91. The van der Waals surface area contributed by atoms with E-state index in [0.717, 1.165) is 61.8 Å². The van der Waals surface area contributed by atoms with Crippen LogP contribution in [-0.2, 0) is 19.7 Å². The van der Waals surface area contributed by atoms with Gasteiger partial charge in [-0.3, -0.25) is 0 Å². The van der Waals surface area contributed by atoms with Crippen molar-refractivity contribution in [3.05, 3.63) is 82.4 Å². The second-order valence-corrected chi connectivity index (χ2v) is 17.8. The van der Waals surface area contributed by atoms with E-state index in [-0.39, 0.29) is 62.0 Å². The number of carbonyl (C=O) groups is 3. The van der Waals surface area contributed by atoms with Gasteiger partial charge < -0.3 is 31.9 Å². The largest absolute Gasteiger partial charge is 0.479 e. The van der Waals surface area contributed by atoms with Crippen molar-refractivity contribution in [3.63, 3.8) is 0 Å². The molecule has 0 aliphatic heterocycles. The lowest BCUT2D eigenvalue weighted by atomic mass is 10.1. The quantitative estimate of drug-likeness (QED) is 0.0904. The number of benzene rings is 2. The van der Waals surface area contributed by atoms with E-state index in [1.54, 1.807) is 13.0 Å². The van der Waals surface area contributed by atoms with Crippen LogP contribution in [-0.4, -0.2) is 122 Å². The normalized spacial score (nSPS) is 12.1. The minimum absolute atomic E-state index is 0.0652. The molecule has 0 aliphatic carbocycles. The molecular formula is C35H31N17O11S2. The van der Waals surface area contributed by atoms with Gasteiger partial charge in [0.05, 0.1) is 51.8 Å². The van der Waals surface area contributed by atoms with Crippen molar-refractivity contribution in [2.75, 3.05) is 24.0 Å². The van der Waals surface area contributed by atoms with E-state index in [2.05, 4.69) is 55.8 Å². The molecule has 7 aromatic rings. The van der Waals surface area contributed by atoms with Gasteiger partial charge in [0.25, 0.3) is 11.9 Å². The fourth-order valence-corrected chi connectivity index (χ4v) is 7.48. The number of azo groups is 2. The maximum Gasteiger partial charge on any atom is 0.335 e. The molecule has 65 heavy (non-hydrogen) atoms. The molecule has 0 saturated carbocycles. The standard InChI is InChI=1S/C35H31N17O11S2/c1-14-6-17(30(53)54)9-20(7-14)49-28(22(12-38-49)64(4,60)61)45-43-24-15(2)47-51(26(24)36)33-40-34(42-35(59)41-33)52-27(37)25(16(3)48-52)44-46-29-23(65(5,62)63)13-39-50(29)21-10-18(31(55)56)8-19(11-21)32(57)58/h6-13H,36-37H2,1-5H3,(H,53,54)(H,55,56)(H,57,58)(H,40,41,42,59). The van der Waals surface area contributed by atoms with Gasteiger partial charge in [0.15, 0.2) is 54.3 Å². The highest BCUT2D eigenvalue weighted by Crippen LogP contribution is 2.36.